The molecule has 1 aromatic rings. The first kappa shape index (κ1) is 12.9. The minimum Gasteiger partial charge on any atom is -0.491 e. The molecule has 98 valence electrons. The zero-order valence-electron chi connectivity index (χ0n) is 10.7. The zero-order chi connectivity index (χ0) is 13.0. The van der Waals surface area contributed by atoms with Gasteiger partial charge in [0.05, 0.1) is 25.2 Å². The largest absolute Gasteiger partial charge is 0.491 e. The fourth-order valence-corrected chi connectivity index (χ4v) is 2.18. The molecule has 0 aromatic heterocycles. The van der Waals surface area contributed by atoms with Crippen molar-refractivity contribution in [2.24, 2.45) is 5.92 Å². The van der Waals surface area contributed by atoms with Gasteiger partial charge in [-0.3, -0.25) is 4.79 Å². The molecule has 4 heteroatoms. The van der Waals surface area contributed by atoms with Crippen molar-refractivity contribution >= 4 is 5.97 Å². The summed E-state index contributed by atoms with van der Waals surface area (Å²) >= 11 is 0. The lowest BCUT2D eigenvalue weighted by atomic mass is 10.0. The number of rotatable bonds is 4. The number of carbonyl (C=O) groups excluding carboxylic acids is 1. The molecule has 2 rings (SSSR count). The molecule has 18 heavy (non-hydrogen) atoms. The lowest BCUT2D eigenvalue weighted by molar-refractivity contribution is -0.146. The van der Waals surface area contributed by atoms with E-state index in [9.17, 15) is 4.79 Å². The molecule has 1 aromatic carbocycles. The number of hydrogen-bond acceptors (Lipinski definition) is 4. The highest BCUT2D eigenvalue weighted by atomic mass is 16.6. The average Bonchev–Trinajstić information content (AvgIpc) is 2.78. The van der Waals surface area contributed by atoms with Gasteiger partial charge in [0.1, 0.15) is 12.4 Å². The normalized spacial score (nSPS) is 26.9. The summed E-state index contributed by atoms with van der Waals surface area (Å²) in [6, 6.07) is 9.58. The first-order valence-electron chi connectivity index (χ1n) is 6.12. The van der Waals surface area contributed by atoms with E-state index in [1.807, 2.05) is 37.3 Å². The Kier molecular flexibility index (Phi) is 4.20. The summed E-state index contributed by atoms with van der Waals surface area (Å²) < 4.78 is 16.1. The number of carbonyl (C=O) groups is 1. The summed E-state index contributed by atoms with van der Waals surface area (Å²) in [5.41, 5.74) is 0. The molecular weight excluding hydrogens is 232 g/mol. The van der Waals surface area contributed by atoms with Gasteiger partial charge in [-0.1, -0.05) is 18.2 Å². The molecule has 3 atom stereocenters. The molecule has 1 heterocycles. The van der Waals surface area contributed by atoms with Gasteiger partial charge in [-0.2, -0.15) is 0 Å². The molecule has 0 radical (unpaired) electrons. The number of methoxy groups -OCH3 is 1. The Balaban J connectivity index is 1.84. The predicted molar refractivity (Wildman–Crippen MR) is 66.4 cm³/mol. The predicted octanol–water partition coefficient (Wildman–Crippen LogP) is 2.03. The van der Waals surface area contributed by atoms with E-state index in [1.165, 1.54) is 7.11 Å². The first-order valence-corrected chi connectivity index (χ1v) is 6.12. The van der Waals surface area contributed by atoms with Gasteiger partial charge in [-0.05, 0) is 25.5 Å². The molecule has 0 aliphatic carbocycles. The molecule has 1 aliphatic heterocycles. The summed E-state index contributed by atoms with van der Waals surface area (Å²) in [7, 11) is 1.41. The van der Waals surface area contributed by atoms with Gasteiger partial charge >= 0.3 is 5.97 Å². The molecule has 4 nitrogen and oxygen atoms in total. The van der Waals surface area contributed by atoms with Crippen LogP contribution in [0.3, 0.4) is 0 Å². The van der Waals surface area contributed by atoms with E-state index in [4.69, 9.17) is 14.2 Å². The lowest BCUT2D eigenvalue weighted by Crippen LogP contribution is -2.22. The third kappa shape index (κ3) is 3.01. The molecule has 0 spiro atoms. The van der Waals surface area contributed by atoms with Gasteiger partial charge in [0.15, 0.2) is 0 Å². The van der Waals surface area contributed by atoms with Crippen LogP contribution in [0.5, 0.6) is 5.75 Å². The standard InChI is InChI=1S/C14H18O4/c1-10-13(14(15)16-2)8-12(18-10)9-17-11-6-4-3-5-7-11/h3-7,10,12-13H,8-9H2,1-2H3/t10-,12-,13-/m1/s1. The second kappa shape index (κ2) is 5.87. The van der Waals surface area contributed by atoms with Crippen molar-refractivity contribution in [2.75, 3.05) is 13.7 Å². The van der Waals surface area contributed by atoms with E-state index in [0.29, 0.717) is 13.0 Å². The Labute approximate surface area is 107 Å². The quantitative estimate of drug-likeness (QED) is 0.767. The summed E-state index contributed by atoms with van der Waals surface area (Å²) in [6.45, 7) is 2.35. The minimum atomic E-state index is -0.204. The molecule has 0 amide bonds. The Morgan fingerprint density at radius 1 is 1.39 bits per heavy atom. The van der Waals surface area contributed by atoms with E-state index in [0.717, 1.165) is 5.75 Å². The third-order valence-electron chi connectivity index (χ3n) is 3.17. The Hall–Kier alpha value is -1.55. The number of para-hydroxylation sites is 1. The van der Waals surface area contributed by atoms with Crippen molar-refractivity contribution in [3.8, 4) is 5.75 Å². The van der Waals surface area contributed by atoms with Gasteiger partial charge in [0, 0.05) is 0 Å². The van der Waals surface area contributed by atoms with Crippen molar-refractivity contribution in [3.63, 3.8) is 0 Å². The van der Waals surface area contributed by atoms with Crippen molar-refractivity contribution in [3.05, 3.63) is 30.3 Å². The van der Waals surface area contributed by atoms with E-state index in [1.54, 1.807) is 0 Å². The van der Waals surface area contributed by atoms with Crippen LogP contribution in [0.15, 0.2) is 30.3 Å². The van der Waals surface area contributed by atoms with E-state index in [-0.39, 0.29) is 24.1 Å². The van der Waals surface area contributed by atoms with Crippen LogP contribution in [0.4, 0.5) is 0 Å². The second-order valence-corrected chi connectivity index (χ2v) is 4.45. The number of esters is 1. The van der Waals surface area contributed by atoms with Gasteiger partial charge in [-0.25, -0.2) is 0 Å². The summed E-state index contributed by atoms with van der Waals surface area (Å²) in [4.78, 5) is 11.5. The molecule has 0 N–H and O–H groups in total. The highest BCUT2D eigenvalue weighted by Gasteiger charge is 2.38. The van der Waals surface area contributed by atoms with Crippen LogP contribution in [0.2, 0.25) is 0 Å². The van der Waals surface area contributed by atoms with Crippen LogP contribution in [-0.4, -0.2) is 31.9 Å². The maximum Gasteiger partial charge on any atom is 0.311 e. The lowest BCUT2D eigenvalue weighted by Gasteiger charge is -2.12. The van der Waals surface area contributed by atoms with Crippen molar-refractivity contribution in [1.82, 2.24) is 0 Å². The molecular formula is C14H18O4. The number of hydrogen-bond donors (Lipinski definition) is 0. The number of benzene rings is 1. The maximum absolute atomic E-state index is 11.5. The second-order valence-electron chi connectivity index (χ2n) is 4.45. The molecule has 0 unspecified atom stereocenters. The van der Waals surface area contributed by atoms with Crippen LogP contribution in [-0.2, 0) is 14.3 Å². The topological polar surface area (TPSA) is 44.8 Å². The molecule has 0 bridgehead atoms. The van der Waals surface area contributed by atoms with Gasteiger partial charge in [0.2, 0.25) is 0 Å². The van der Waals surface area contributed by atoms with Crippen LogP contribution in [0, 0.1) is 5.92 Å². The molecule has 0 saturated carbocycles. The van der Waals surface area contributed by atoms with Crippen molar-refractivity contribution in [1.29, 1.82) is 0 Å². The monoisotopic (exact) mass is 250 g/mol. The highest BCUT2D eigenvalue weighted by Crippen LogP contribution is 2.27. The number of ether oxygens (including phenoxy) is 3. The molecule has 1 aliphatic rings. The maximum atomic E-state index is 11.5. The zero-order valence-corrected chi connectivity index (χ0v) is 10.7. The molecule has 1 saturated heterocycles. The van der Waals surface area contributed by atoms with Crippen LogP contribution >= 0.6 is 0 Å². The van der Waals surface area contributed by atoms with E-state index < -0.39 is 0 Å². The third-order valence-corrected chi connectivity index (χ3v) is 3.17. The average molecular weight is 250 g/mol. The smallest absolute Gasteiger partial charge is 0.311 e. The highest BCUT2D eigenvalue weighted by molar-refractivity contribution is 5.73. The van der Waals surface area contributed by atoms with Crippen molar-refractivity contribution in [2.45, 2.75) is 25.6 Å². The Morgan fingerprint density at radius 2 is 2.11 bits per heavy atom. The summed E-state index contributed by atoms with van der Waals surface area (Å²) in [6.07, 6.45) is 0.492. The van der Waals surface area contributed by atoms with Gasteiger partial charge in [0.25, 0.3) is 0 Å². The SMILES string of the molecule is COC(=O)[C@@H]1C[C@H](COc2ccccc2)O[C@@H]1C. The Bertz CT molecular complexity index is 390. The van der Waals surface area contributed by atoms with Crippen molar-refractivity contribution < 1.29 is 19.0 Å². The van der Waals surface area contributed by atoms with Crippen LogP contribution < -0.4 is 4.74 Å². The fourth-order valence-electron chi connectivity index (χ4n) is 2.18. The fraction of sp³-hybridized carbons (Fsp3) is 0.500. The van der Waals surface area contributed by atoms with E-state index >= 15 is 0 Å². The molecule has 1 fully saturated rings. The first-order chi connectivity index (χ1) is 8.70. The minimum absolute atomic E-state index is 0.0516. The summed E-state index contributed by atoms with van der Waals surface area (Å²) in [5, 5.41) is 0. The van der Waals surface area contributed by atoms with Gasteiger partial charge in [-0.15, -0.1) is 0 Å². The van der Waals surface area contributed by atoms with Gasteiger partial charge < -0.3 is 14.2 Å². The van der Waals surface area contributed by atoms with Crippen LogP contribution in [0.25, 0.3) is 0 Å². The van der Waals surface area contributed by atoms with Crippen LogP contribution in [0.1, 0.15) is 13.3 Å². The Morgan fingerprint density at radius 3 is 2.78 bits per heavy atom. The summed E-state index contributed by atoms with van der Waals surface area (Å²) in [5.74, 6) is 0.430. The van der Waals surface area contributed by atoms with E-state index in [2.05, 4.69) is 0 Å².